The number of amides is 1. The lowest BCUT2D eigenvalue weighted by atomic mass is 10.1. The van der Waals surface area contributed by atoms with Gasteiger partial charge in [0, 0.05) is 18.0 Å². The van der Waals surface area contributed by atoms with Crippen LogP contribution in [0.4, 0.5) is 0 Å². The fourth-order valence-electron chi connectivity index (χ4n) is 1.33. The minimum absolute atomic E-state index is 0.752. The summed E-state index contributed by atoms with van der Waals surface area (Å²) in [4.78, 5) is 13.4. The van der Waals surface area contributed by atoms with Gasteiger partial charge in [-0.05, 0) is 23.4 Å². The van der Waals surface area contributed by atoms with Gasteiger partial charge in [0.2, 0.25) is 0 Å². The zero-order chi connectivity index (χ0) is 7.68. The maximum atomic E-state index is 10.3. The summed E-state index contributed by atoms with van der Waals surface area (Å²) in [6.45, 7) is 1.58. The fraction of sp³-hybridized carbons (Fsp3) is 0.375. The molecule has 0 fully saturated rings. The molecule has 1 aromatic heterocycles. The van der Waals surface area contributed by atoms with E-state index < -0.39 is 0 Å². The van der Waals surface area contributed by atoms with Crippen LogP contribution in [0.5, 0.6) is 0 Å². The first-order valence-corrected chi connectivity index (χ1v) is 4.46. The summed E-state index contributed by atoms with van der Waals surface area (Å²) in [6, 6.07) is 2.09. The number of fused-ring (bicyclic) bond motifs is 1. The van der Waals surface area contributed by atoms with Gasteiger partial charge in [0.1, 0.15) is 0 Å². The Morgan fingerprint density at radius 3 is 3.36 bits per heavy atom. The van der Waals surface area contributed by atoms with Crippen molar-refractivity contribution in [2.45, 2.75) is 13.0 Å². The minimum atomic E-state index is 0.752. The summed E-state index contributed by atoms with van der Waals surface area (Å²) in [5.74, 6) is 0. The molecule has 0 aliphatic carbocycles. The Balaban J connectivity index is 2.24. The fourth-order valence-corrected chi connectivity index (χ4v) is 2.22. The molecule has 1 amide bonds. The first kappa shape index (κ1) is 6.85. The Kier molecular flexibility index (Phi) is 1.66. The van der Waals surface area contributed by atoms with Crippen LogP contribution in [0.1, 0.15) is 10.4 Å². The lowest BCUT2D eigenvalue weighted by Crippen LogP contribution is -2.27. The molecule has 57 valence electrons. The quantitative estimate of drug-likeness (QED) is 0.613. The summed E-state index contributed by atoms with van der Waals surface area (Å²) in [5, 5.41) is 2.08. The summed E-state index contributed by atoms with van der Waals surface area (Å²) in [5.41, 5.74) is 1.30. The molecule has 2 heterocycles. The number of hydrogen-bond donors (Lipinski definition) is 0. The van der Waals surface area contributed by atoms with E-state index in [2.05, 4.69) is 11.4 Å². The molecule has 1 aromatic rings. The number of rotatable bonds is 1. The van der Waals surface area contributed by atoms with Crippen LogP contribution in [0, 0.1) is 0 Å². The molecular weight excluding hydrogens is 158 g/mol. The molecule has 0 bridgehead atoms. The van der Waals surface area contributed by atoms with E-state index in [1.165, 1.54) is 10.4 Å². The minimum Gasteiger partial charge on any atom is -0.330 e. The highest BCUT2D eigenvalue weighted by Gasteiger charge is 2.15. The normalized spacial score (nSPS) is 16.2. The molecule has 1 aliphatic rings. The second-order valence-electron chi connectivity index (χ2n) is 2.63. The smallest absolute Gasteiger partial charge is 0.312 e. The first-order valence-electron chi connectivity index (χ1n) is 3.58. The van der Waals surface area contributed by atoms with E-state index in [4.69, 9.17) is 0 Å². The van der Waals surface area contributed by atoms with Crippen molar-refractivity contribution in [1.82, 2.24) is 4.90 Å². The third kappa shape index (κ3) is 1.16. The van der Waals surface area contributed by atoms with Crippen molar-refractivity contribution < 1.29 is 4.79 Å². The third-order valence-corrected chi connectivity index (χ3v) is 2.96. The van der Waals surface area contributed by atoms with Crippen molar-refractivity contribution in [2.24, 2.45) is 0 Å². The Morgan fingerprint density at radius 1 is 1.64 bits per heavy atom. The predicted molar refractivity (Wildman–Crippen MR) is 44.1 cm³/mol. The van der Waals surface area contributed by atoms with Gasteiger partial charge in [-0.2, -0.15) is 0 Å². The van der Waals surface area contributed by atoms with E-state index in [1.54, 1.807) is 16.2 Å². The lowest BCUT2D eigenvalue weighted by molar-refractivity contribution is 0.363. The second-order valence-corrected chi connectivity index (χ2v) is 3.63. The van der Waals surface area contributed by atoms with Gasteiger partial charge < -0.3 is 4.90 Å². The van der Waals surface area contributed by atoms with Crippen LogP contribution in [0.2, 0.25) is 0 Å². The van der Waals surface area contributed by atoms with Crippen LogP contribution in [-0.4, -0.2) is 17.9 Å². The summed E-state index contributed by atoms with van der Waals surface area (Å²) in [7, 11) is 0. The van der Waals surface area contributed by atoms with Gasteiger partial charge in [-0.1, -0.05) is 0 Å². The van der Waals surface area contributed by atoms with Crippen LogP contribution in [0.15, 0.2) is 11.4 Å². The van der Waals surface area contributed by atoms with Crippen molar-refractivity contribution in [3.05, 3.63) is 21.9 Å². The third-order valence-electron chi connectivity index (χ3n) is 1.94. The standard InChI is InChI=1S/C8H8NOS/c10-6-9-3-1-8-7(5-9)2-4-11-8/h2,4H,1,3,5H2. The van der Waals surface area contributed by atoms with Gasteiger partial charge in [-0.15, -0.1) is 11.3 Å². The van der Waals surface area contributed by atoms with E-state index in [-0.39, 0.29) is 0 Å². The van der Waals surface area contributed by atoms with Gasteiger partial charge >= 0.3 is 6.41 Å². The molecule has 0 aromatic carbocycles. The molecule has 1 aliphatic heterocycles. The zero-order valence-corrected chi connectivity index (χ0v) is 6.86. The van der Waals surface area contributed by atoms with Crippen LogP contribution >= 0.6 is 11.3 Å². The Labute approximate surface area is 69.4 Å². The van der Waals surface area contributed by atoms with Crippen molar-refractivity contribution in [2.75, 3.05) is 6.54 Å². The highest BCUT2D eigenvalue weighted by molar-refractivity contribution is 7.10. The van der Waals surface area contributed by atoms with Crippen LogP contribution in [0.25, 0.3) is 0 Å². The summed E-state index contributed by atoms with van der Waals surface area (Å²) in [6.07, 6.45) is 2.92. The molecule has 0 spiro atoms. The van der Waals surface area contributed by atoms with Crippen molar-refractivity contribution >= 4 is 17.7 Å². The summed E-state index contributed by atoms with van der Waals surface area (Å²) >= 11 is 1.78. The molecule has 2 nitrogen and oxygen atoms in total. The molecule has 0 atom stereocenters. The molecule has 1 radical (unpaired) electrons. The average molecular weight is 166 g/mol. The molecule has 3 heteroatoms. The van der Waals surface area contributed by atoms with E-state index >= 15 is 0 Å². The highest BCUT2D eigenvalue weighted by atomic mass is 32.1. The SMILES string of the molecule is O=[C]N1CCc2sccc2C1. The average Bonchev–Trinajstić information content (AvgIpc) is 2.50. The molecule has 0 unspecified atom stereocenters. The Bertz CT molecular complexity index is 269. The number of nitrogens with zero attached hydrogens (tertiary/aromatic N) is 1. The monoisotopic (exact) mass is 166 g/mol. The lowest BCUT2D eigenvalue weighted by Gasteiger charge is -2.21. The van der Waals surface area contributed by atoms with Crippen LogP contribution in [0.3, 0.4) is 0 Å². The number of carbonyl (C=O) groups excluding carboxylic acids is 1. The number of hydrogen-bond acceptors (Lipinski definition) is 2. The zero-order valence-electron chi connectivity index (χ0n) is 6.04. The van der Waals surface area contributed by atoms with E-state index in [1.807, 2.05) is 6.41 Å². The molecule has 0 saturated heterocycles. The van der Waals surface area contributed by atoms with E-state index in [9.17, 15) is 4.79 Å². The van der Waals surface area contributed by atoms with Crippen molar-refractivity contribution in [3.8, 4) is 0 Å². The Hall–Kier alpha value is -0.830. The molecule has 2 rings (SSSR count). The van der Waals surface area contributed by atoms with Crippen LogP contribution in [-0.2, 0) is 17.8 Å². The highest BCUT2D eigenvalue weighted by Crippen LogP contribution is 2.22. The van der Waals surface area contributed by atoms with Crippen molar-refractivity contribution in [3.63, 3.8) is 0 Å². The van der Waals surface area contributed by atoms with Gasteiger partial charge in [0.05, 0.1) is 0 Å². The van der Waals surface area contributed by atoms with Crippen LogP contribution < -0.4 is 0 Å². The second kappa shape index (κ2) is 2.66. The largest absolute Gasteiger partial charge is 0.330 e. The maximum Gasteiger partial charge on any atom is 0.312 e. The maximum absolute atomic E-state index is 10.3. The molecule has 11 heavy (non-hydrogen) atoms. The van der Waals surface area contributed by atoms with Gasteiger partial charge in [0.25, 0.3) is 0 Å². The topological polar surface area (TPSA) is 20.3 Å². The van der Waals surface area contributed by atoms with E-state index in [0.29, 0.717) is 0 Å². The predicted octanol–water partition coefficient (Wildman–Crippen LogP) is 1.17. The van der Waals surface area contributed by atoms with E-state index in [0.717, 1.165) is 19.5 Å². The molecular formula is C8H8NOS. The Morgan fingerprint density at radius 2 is 2.55 bits per heavy atom. The van der Waals surface area contributed by atoms with Gasteiger partial charge in [0.15, 0.2) is 0 Å². The van der Waals surface area contributed by atoms with Crippen molar-refractivity contribution in [1.29, 1.82) is 0 Å². The summed E-state index contributed by atoms with van der Waals surface area (Å²) < 4.78 is 0. The van der Waals surface area contributed by atoms with Gasteiger partial charge in [-0.25, -0.2) is 0 Å². The molecule has 0 N–H and O–H groups in total. The number of thiophene rings is 1. The first-order chi connectivity index (χ1) is 5.40. The van der Waals surface area contributed by atoms with Gasteiger partial charge in [-0.3, -0.25) is 4.79 Å². The molecule has 0 saturated carbocycles.